The van der Waals surface area contributed by atoms with Gasteiger partial charge in [0.2, 0.25) is 0 Å². The van der Waals surface area contributed by atoms with Gasteiger partial charge in [-0.15, -0.1) is 28.7 Å². The van der Waals surface area contributed by atoms with E-state index in [0.717, 1.165) is 36.5 Å². The third-order valence-corrected chi connectivity index (χ3v) is 7.71. The average Bonchev–Trinajstić information content (AvgIpc) is 3.35. The third kappa shape index (κ3) is 12.9. The van der Waals surface area contributed by atoms with Gasteiger partial charge in [0.05, 0.1) is 19.6 Å². The van der Waals surface area contributed by atoms with Crippen LogP contribution in [0.2, 0.25) is 0 Å². The van der Waals surface area contributed by atoms with E-state index in [4.69, 9.17) is 14.2 Å². The van der Waals surface area contributed by atoms with E-state index in [9.17, 15) is 4.79 Å². The Bertz CT molecular complexity index is 1050. The second-order valence-electron chi connectivity index (χ2n) is 10.1. The Morgan fingerprint density at radius 3 is 2.33 bits per heavy atom. The summed E-state index contributed by atoms with van der Waals surface area (Å²) in [6.07, 6.45) is 15.0. The molecule has 0 aromatic heterocycles. The summed E-state index contributed by atoms with van der Waals surface area (Å²) in [5, 5.41) is 2.95. The van der Waals surface area contributed by atoms with Gasteiger partial charge in [0.15, 0.2) is 18.1 Å². The molecule has 0 fully saturated rings. The van der Waals surface area contributed by atoms with Crippen molar-refractivity contribution in [1.29, 1.82) is 0 Å². The Morgan fingerprint density at radius 1 is 0.925 bits per heavy atom. The number of hydrogen-bond acceptors (Lipinski definition) is 6. The van der Waals surface area contributed by atoms with Crippen LogP contribution in [0.5, 0.6) is 17.2 Å². The van der Waals surface area contributed by atoms with Gasteiger partial charge in [0, 0.05) is 24.5 Å². The lowest BCUT2D eigenvalue weighted by atomic mass is 10.1. The molecule has 1 heterocycles. The summed E-state index contributed by atoms with van der Waals surface area (Å²) in [5.41, 5.74) is 1.92. The maximum atomic E-state index is 12.7. The topological polar surface area (TPSA) is 60.0 Å². The van der Waals surface area contributed by atoms with Crippen LogP contribution in [0.1, 0.15) is 83.6 Å². The molecule has 0 saturated carbocycles. The Kier molecular flexibility index (Phi) is 16.7. The molecule has 1 N–H and O–H groups in total. The summed E-state index contributed by atoms with van der Waals surface area (Å²) in [5.74, 6) is 2.59. The number of benzene rings is 2. The Balaban J connectivity index is 0.00000560. The highest BCUT2D eigenvalue weighted by molar-refractivity contribution is 8.93. The largest absolute Gasteiger partial charge is 0.497 e. The molecule has 0 spiro atoms. The zero-order valence-corrected chi connectivity index (χ0v) is 26.9. The minimum atomic E-state index is -0.212. The van der Waals surface area contributed by atoms with Crippen molar-refractivity contribution in [2.45, 2.75) is 84.6 Å². The fourth-order valence-electron chi connectivity index (χ4n) is 4.55. The molecule has 40 heavy (non-hydrogen) atoms. The van der Waals surface area contributed by atoms with E-state index < -0.39 is 0 Å². The van der Waals surface area contributed by atoms with Crippen molar-refractivity contribution in [3.63, 3.8) is 0 Å². The number of methoxy groups -OCH3 is 1. The number of amides is 1. The highest BCUT2D eigenvalue weighted by atomic mass is 79.9. The molecule has 2 aromatic rings. The average molecular weight is 636 g/mol. The lowest BCUT2D eigenvalue weighted by Gasteiger charge is -2.16. The molecule has 0 saturated heterocycles. The van der Waals surface area contributed by atoms with Crippen LogP contribution in [0.3, 0.4) is 0 Å². The van der Waals surface area contributed by atoms with E-state index in [1.807, 2.05) is 42.1 Å². The second-order valence-corrected chi connectivity index (χ2v) is 11.3. The number of thioether (sulfide) groups is 1. The van der Waals surface area contributed by atoms with Crippen LogP contribution in [0.4, 0.5) is 5.69 Å². The van der Waals surface area contributed by atoms with Gasteiger partial charge in [-0.3, -0.25) is 4.79 Å². The molecule has 3 rings (SSSR count). The fraction of sp³-hybridized carbons (Fsp3) is 0.531. The van der Waals surface area contributed by atoms with Gasteiger partial charge in [-0.25, -0.2) is 0 Å². The highest BCUT2D eigenvalue weighted by Crippen LogP contribution is 2.32. The van der Waals surface area contributed by atoms with Crippen molar-refractivity contribution < 1.29 is 19.0 Å². The minimum absolute atomic E-state index is 0. The van der Waals surface area contributed by atoms with Gasteiger partial charge in [-0.2, -0.15) is 0 Å². The first kappa shape index (κ1) is 33.9. The number of anilines is 1. The van der Waals surface area contributed by atoms with Gasteiger partial charge < -0.3 is 24.4 Å². The van der Waals surface area contributed by atoms with E-state index in [-0.39, 0.29) is 29.5 Å². The van der Waals surface area contributed by atoms with Gasteiger partial charge in [-0.05, 0) is 48.1 Å². The SMILES string of the molecule is Br.CCCCCCCCCCCCOc1cc(OC)ccc1OCC(=O)Nc1cccc(CN2C=C(C)SC2)c1. The molecular weight excluding hydrogens is 588 g/mol. The first-order valence-corrected chi connectivity index (χ1v) is 15.4. The molecule has 0 atom stereocenters. The number of halogens is 1. The van der Waals surface area contributed by atoms with Crippen molar-refractivity contribution in [2.75, 3.05) is 31.5 Å². The number of nitrogens with one attached hydrogen (secondary N) is 1. The maximum absolute atomic E-state index is 12.7. The molecule has 0 bridgehead atoms. The maximum Gasteiger partial charge on any atom is 0.262 e. The second kappa shape index (κ2) is 19.7. The number of allylic oxidation sites excluding steroid dienone is 1. The van der Waals surface area contributed by atoms with Gasteiger partial charge in [0.1, 0.15) is 5.75 Å². The van der Waals surface area contributed by atoms with Crippen molar-refractivity contribution in [3.05, 3.63) is 59.1 Å². The van der Waals surface area contributed by atoms with E-state index in [0.29, 0.717) is 23.9 Å². The summed E-state index contributed by atoms with van der Waals surface area (Å²) < 4.78 is 17.3. The van der Waals surface area contributed by atoms with Crippen LogP contribution in [0.15, 0.2) is 53.6 Å². The Morgan fingerprint density at radius 2 is 1.65 bits per heavy atom. The lowest BCUT2D eigenvalue weighted by molar-refractivity contribution is -0.118. The normalized spacial score (nSPS) is 12.5. The molecule has 2 aromatic carbocycles. The van der Waals surface area contributed by atoms with Gasteiger partial charge in [-0.1, -0.05) is 76.8 Å². The number of hydrogen-bond donors (Lipinski definition) is 1. The smallest absolute Gasteiger partial charge is 0.262 e. The summed E-state index contributed by atoms with van der Waals surface area (Å²) >= 11 is 1.84. The minimum Gasteiger partial charge on any atom is -0.497 e. The lowest BCUT2D eigenvalue weighted by Crippen LogP contribution is -2.20. The van der Waals surface area contributed by atoms with Crippen LogP contribution < -0.4 is 19.5 Å². The summed E-state index contributed by atoms with van der Waals surface area (Å²) in [6, 6.07) is 13.4. The van der Waals surface area contributed by atoms with Crippen LogP contribution >= 0.6 is 28.7 Å². The van der Waals surface area contributed by atoms with E-state index in [2.05, 4.69) is 36.3 Å². The molecule has 6 nitrogen and oxygen atoms in total. The Labute approximate surface area is 256 Å². The molecule has 1 amide bonds. The molecule has 0 radical (unpaired) electrons. The quantitative estimate of drug-likeness (QED) is 0.156. The predicted octanol–water partition coefficient (Wildman–Crippen LogP) is 8.96. The van der Waals surface area contributed by atoms with Crippen LogP contribution in [0, 0.1) is 0 Å². The van der Waals surface area contributed by atoms with Gasteiger partial charge in [0.25, 0.3) is 5.91 Å². The molecule has 1 aliphatic heterocycles. The molecule has 222 valence electrons. The molecule has 0 aliphatic carbocycles. The standard InChI is InChI=1S/C32H46N2O4S.BrH/c1-4-5-6-7-8-9-10-11-12-13-19-37-31-21-29(36-3)17-18-30(31)38-24-32(35)33-28-16-14-15-27(20-28)23-34-22-26(2)39-25-34;/h14-18,20-22H,4-13,19,23-25H2,1-3H3,(H,33,35);1H. The first-order valence-electron chi connectivity index (χ1n) is 14.4. The number of unbranched alkanes of at least 4 members (excludes halogenated alkanes) is 9. The van der Waals surface area contributed by atoms with Crippen molar-refractivity contribution in [1.82, 2.24) is 4.90 Å². The van der Waals surface area contributed by atoms with Crippen molar-refractivity contribution >= 4 is 40.3 Å². The predicted molar refractivity (Wildman–Crippen MR) is 173 cm³/mol. The zero-order valence-electron chi connectivity index (χ0n) is 24.4. The van der Waals surface area contributed by atoms with E-state index in [1.165, 1.54) is 56.3 Å². The molecular formula is C32H47BrN2O4S. The van der Waals surface area contributed by atoms with E-state index in [1.54, 1.807) is 13.2 Å². The van der Waals surface area contributed by atoms with Gasteiger partial charge >= 0.3 is 0 Å². The summed E-state index contributed by atoms with van der Waals surface area (Å²) in [6.45, 7) is 5.71. The Hall–Kier alpha value is -2.32. The summed E-state index contributed by atoms with van der Waals surface area (Å²) in [7, 11) is 1.63. The van der Waals surface area contributed by atoms with Crippen LogP contribution in [-0.4, -0.2) is 37.0 Å². The summed E-state index contributed by atoms with van der Waals surface area (Å²) in [4.78, 5) is 16.2. The number of rotatable bonds is 19. The number of ether oxygens (including phenoxy) is 3. The van der Waals surface area contributed by atoms with E-state index >= 15 is 0 Å². The van der Waals surface area contributed by atoms with Crippen LogP contribution in [-0.2, 0) is 11.3 Å². The first-order chi connectivity index (χ1) is 19.1. The van der Waals surface area contributed by atoms with Crippen molar-refractivity contribution in [2.24, 2.45) is 0 Å². The molecule has 1 aliphatic rings. The highest BCUT2D eigenvalue weighted by Gasteiger charge is 2.12. The zero-order chi connectivity index (χ0) is 27.7. The molecule has 0 unspecified atom stereocenters. The van der Waals surface area contributed by atoms with Crippen LogP contribution in [0.25, 0.3) is 0 Å². The fourth-order valence-corrected chi connectivity index (χ4v) is 5.31. The van der Waals surface area contributed by atoms with Crippen molar-refractivity contribution in [3.8, 4) is 17.2 Å². The number of carbonyl (C=O) groups is 1. The third-order valence-electron chi connectivity index (χ3n) is 6.68. The number of nitrogens with zero attached hydrogens (tertiary/aromatic N) is 1. The number of carbonyl (C=O) groups excluding carboxylic acids is 1. The monoisotopic (exact) mass is 634 g/mol. The molecule has 8 heteroatoms.